The first kappa shape index (κ1) is 14.6. The number of benzene rings is 1. The maximum Gasteiger partial charge on any atom is 0.222 e. The van der Waals surface area contributed by atoms with E-state index in [1.807, 2.05) is 31.2 Å². The molecule has 0 saturated heterocycles. The van der Waals surface area contributed by atoms with E-state index in [1.54, 1.807) is 10.6 Å². The predicted octanol–water partition coefficient (Wildman–Crippen LogP) is 1.57. The summed E-state index contributed by atoms with van der Waals surface area (Å²) in [5, 5.41) is 17.4. The van der Waals surface area contributed by atoms with Gasteiger partial charge in [0.25, 0.3) is 0 Å². The third-order valence-electron chi connectivity index (χ3n) is 2.92. The van der Waals surface area contributed by atoms with E-state index in [9.17, 15) is 4.21 Å². The first-order chi connectivity index (χ1) is 9.65. The number of aromatic nitrogens is 3. The van der Waals surface area contributed by atoms with Crippen LogP contribution in [0.3, 0.4) is 0 Å². The van der Waals surface area contributed by atoms with Gasteiger partial charge in [0.2, 0.25) is 5.16 Å². The highest BCUT2D eigenvalue weighted by Crippen LogP contribution is 2.13. The molecule has 2 aromatic rings. The summed E-state index contributed by atoms with van der Waals surface area (Å²) in [5.74, 6) is 1.10. The molecule has 2 rings (SSSR count). The summed E-state index contributed by atoms with van der Waals surface area (Å²) in [6.07, 6.45) is 1.73. The van der Waals surface area contributed by atoms with E-state index in [-0.39, 0.29) is 6.61 Å². The van der Waals surface area contributed by atoms with E-state index >= 15 is 0 Å². The number of hydrogen-bond acceptors (Lipinski definition) is 4. The Morgan fingerprint density at radius 1 is 1.30 bits per heavy atom. The van der Waals surface area contributed by atoms with Crippen LogP contribution < -0.4 is 0 Å². The zero-order chi connectivity index (χ0) is 14.5. The molecule has 0 fully saturated rings. The van der Waals surface area contributed by atoms with Gasteiger partial charge in [-0.3, -0.25) is 4.21 Å². The van der Waals surface area contributed by atoms with Gasteiger partial charge in [-0.05, 0) is 18.1 Å². The van der Waals surface area contributed by atoms with Gasteiger partial charge in [0.1, 0.15) is 5.82 Å². The molecule has 1 unspecified atom stereocenters. The molecule has 0 aliphatic rings. The molecule has 0 amide bonds. The van der Waals surface area contributed by atoms with Gasteiger partial charge in [0.05, 0.1) is 23.2 Å². The van der Waals surface area contributed by atoms with Crippen molar-refractivity contribution in [3.63, 3.8) is 0 Å². The van der Waals surface area contributed by atoms with Crippen LogP contribution in [0.15, 0.2) is 42.1 Å². The molecule has 5 nitrogen and oxygen atoms in total. The van der Waals surface area contributed by atoms with Gasteiger partial charge < -0.3 is 9.67 Å². The lowest BCUT2D eigenvalue weighted by atomic mass is 10.2. The Labute approximate surface area is 120 Å². The molecule has 1 aromatic heterocycles. The summed E-state index contributed by atoms with van der Waals surface area (Å²) in [6, 6.07) is 7.38. The highest BCUT2D eigenvalue weighted by atomic mass is 32.2. The second-order valence-corrected chi connectivity index (χ2v) is 5.74. The highest BCUT2D eigenvalue weighted by molar-refractivity contribution is 7.84. The average Bonchev–Trinajstić information content (AvgIpc) is 2.82. The number of aliphatic hydroxyl groups excluding tert-OH is 1. The number of hydrogen-bond donors (Lipinski definition) is 1. The molecule has 0 aliphatic carbocycles. The van der Waals surface area contributed by atoms with Gasteiger partial charge in [-0.2, -0.15) is 0 Å². The monoisotopic (exact) mass is 291 g/mol. The van der Waals surface area contributed by atoms with Crippen molar-refractivity contribution < 1.29 is 9.32 Å². The fourth-order valence-corrected chi connectivity index (χ4v) is 3.03. The maximum atomic E-state index is 12.4. The lowest BCUT2D eigenvalue weighted by Crippen LogP contribution is -2.08. The summed E-state index contributed by atoms with van der Waals surface area (Å²) in [6.45, 7) is 6.06. The Morgan fingerprint density at radius 2 is 1.95 bits per heavy atom. The lowest BCUT2D eigenvalue weighted by molar-refractivity contribution is 0.282. The molecule has 0 spiro atoms. The van der Waals surface area contributed by atoms with E-state index in [1.165, 1.54) is 0 Å². The van der Waals surface area contributed by atoms with Gasteiger partial charge in [0, 0.05) is 6.54 Å². The van der Waals surface area contributed by atoms with Crippen molar-refractivity contribution in [2.24, 2.45) is 0 Å². The summed E-state index contributed by atoms with van der Waals surface area (Å²) < 4.78 is 14.2. The SMILES string of the molecule is C=CCn1c(C)nnc1S(=O)Cc1ccc(CO)cc1. The number of aliphatic hydroxyl groups is 1. The van der Waals surface area contributed by atoms with Crippen molar-refractivity contribution in [3.05, 3.63) is 53.9 Å². The number of aryl methyl sites for hydroxylation is 1. The molecule has 0 bridgehead atoms. The molecule has 1 heterocycles. The normalized spacial score (nSPS) is 12.3. The number of rotatable bonds is 6. The van der Waals surface area contributed by atoms with Crippen LogP contribution in [0.2, 0.25) is 0 Å². The second-order valence-electron chi connectivity index (χ2n) is 4.39. The van der Waals surface area contributed by atoms with Gasteiger partial charge in [-0.25, -0.2) is 0 Å². The Hall–Kier alpha value is -1.79. The van der Waals surface area contributed by atoms with E-state index in [0.717, 1.165) is 17.0 Å². The van der Waals surface area contributed by atoms with Gasteiger partial charge in [-0.15, -0.1) is 16.8 Å². The first-order valence-corrected chi connectivity index (χ1v) is 7.55. The van der Waals surface area contributed by atoms with E-state index in [4.69, 9.17) is 5.11 Å². The van der Waals surface area contributed by atoms with Crippen molar-refractivity contribution >= 4 is 10.8 Å². The van der Waals surface area contributed by atoms with Crippen LogP contribution in [0, 0.1) is 6.92 Å². The molecule has 0 saturated carbocycles. The standard InChI is InChI=1S/C14H17N3O2S/c1-3-8-17-11(2)15-16-14(17)20(19)10-13-6-4-12(9-18)5-7-13/h3-7,18H,1,8-10H2,2H3. The van der Waals surface area contributed by atoms with Crippen LogP contribution >= 0.6 is 0 Å². The highest BCUT2D eigenvalue weighted by Gasteiger charge is 2.15. The molecular formula is C14H17N3O2S. The molecular weight excluding hydrogens is 274 g/mol. The summed E-state index contributed by atoms with van der Waals surface area (Å²) >= 11 is 0. The fraction of sp³-hybridized carbons (Fsp3) is 0.286. The van der Waals surface area contributed by atoms with Crippen molar-refractivity contribution in [1.82, 2.24) is 14.8 Å². The van der Waals surface area contributed by atoms with E-state index in [2.05, 4.69) is 16.8 Å². The van der Waals surface area contributed by atoms with Crippen molar-refractivity contribution in [3.8, 4) is 0 Å². The minimum Gasteiger partial charge on any atom is -0.392 e. The van der Waals surface area contributed by atoms with Crippen LogP contribution in [0.4, 0.5) is 0 Å². The Morgan fingerprint density at radius 3 is 2.55 bits per heavy atom. The lowest BCUT2D eigenvalue weighted by Gasteiger charge is -2.06. The Bertz CT molecular complexity index is 620. The third-order valence-corrected chi connectivity index (χ3v) is 4.23. The summed E-state index contributed by atoms with van der Waals surface area (Å²) in [5.41, 5.74) is 1.77. The molecule has 0 aliphatic heterocycles. The molecule has 0 radical (unpaired) electrons. The van der Waals surface area contributed by atoms with Crippen LogP contribution in [-0.4, -0.2) is 24.1 Å². The maximum absolute atomic E-state index is 12.4. The van der Waals surface area contributed by atoms with Crippen LogP contribution in [0.1, 0.15) is 17.0 Å². The largest absolute Gasteiger partial charge is 0.392 e. The topological polar surface area (TPSA) is 68.0 Å². The Balaban J connectivity index is 2.17. The molecule has 106 valence electrons. The van der Waals surface area contributed by atoms with Gasteiger partial charge >= 0.3 is 0 Å². The zero-order valence-electron chi connectivity index (χ0n) is 11.3. The fourth-order valence-electron chi connectivity index (χ4n) is 1.83. The van der Waals surface area contributed by atoms with Crippen molar-refractivity contribution in [2.45, 2.75) is 31.0 Å². The van der Waals surface area contributed by atoms with E-state index in [0.29, 0.717) is 17.5 Å². The summed E-state index contributed by atoms with van der Waals surface area (Å²) in [7, 11) is -1.26. The Kier molecular flexibility index (Phi) is 4.81. The predicted molar refractivity (Wildman–Crippen MR) is 77.4 cm³/mol. The molecule has 20 heavy (non-hydrogen) atoms. The van der Waals surface area contributed by atoms with Crippen LogP contribution in [0.5, 0.6) is 0 Å². The van der Waals surface area contributed by atoms with E-state index < -0.39 is 10.8 Å². The molecule has 1 atom stereocenters. The number of nitrogens with zero attached hydrogens (tertiary/aromatic N) is 3. The minimum atomic E-state index is -1.26. The smallest absolute Gasteiger partial charge is 0.222 e. The zero-order valence-corrected chi connectivity index (χ0v) is 12.1. The average molecular weight is 291 g/mol. The van der Waals surface area contributed by atoms with Gasteiger partial charge in [-0.1, -0.05) is 30.3 Å². The minimum absolute atomic E-state index is 0.0101. The van der Waals surface area contributed by atoms with Crippen LogP contribution in [-0.2, 0) is 29.7 Å². The molecule has 1 aromatic carbocycles. The van der Waals surface area contributed by atoms with Gasteiger partial charge in [0.15, 0.2) is 0 Å². The molecule has 1 N–H and O–H groups in total. The van der Waals surface area contributed by atoms with Crippen molar-refractivity contribution in [2.75, 3.05) is 0 Å². The second kappa shape index (κ2) is 6.58. The van der Waals surface area contributed by atoms with Crippen molar-refractivity contribution in [1.29, 1.82) is 0 Å². The van der Waals surface area contributed by atoms with Crippen LogP contribution in [0.25, 0.3) is 0 Å². The molecule has 6 heteroatoms. The third kappa shape index (κ3) is 3.20. The first-order valence-electron chi connectivity index (χ1n) is 6.23. The number of allylic oxidation sites excluding steroid dienone is 1. The quantitative estimate of drug-likeness (QED) is 0.820. The summed E-state index contributed by atoms with van der Waals surface area (Å²) in [4.78, 5) is 0.